The second-order valence-corrected chi connectivity index (χ2v) is 5.86. The van der Waals surface area contributed by atoms with E-state index in [1.54, 1.807) is 6.07 Å². The Hall–Kier alpha value is -2.40. The number of hydrogen-bond acceptors (Lipinski definition) is 3. The van der Waals surface area contributed by atoms with Gasteiger partial charge in [0, 0.05) is 19.6 Å². The molecule has 0 aromatic heterocycles. The van der Waals surface area contributed by atoms with Gasteiger partial charge in [0.2, 0.25) is 5.91 Å². The van der Waals surface area contributed by atoms with Crippen LogP contribution in [0.15, 0.2) is 48.5 Å². The van der Waals surface area contributed by atoms with E-state index >= 15 is 0 Å². The molecule has 0 saturated carbocycles. The van der Waals surface area contributed by atoms with Crippen molar-refractivity contribution < 1.29 is 13.9 Å². The summed E-state index contributed by atoms with van der Waals surface area (Å²) in [7, 11) is 0. The van der Waals surface area contributed by atoms with Crippen molar-refractivity contribution in [2.24, 2.45) is 11.7 Å². The van der Waals surface area contributed by atoms with Gasteiger partial charge in [-0.3, -0.25) is 9.69 Å². The summed E-state index contributed by atoms with van der Waals surface area (Å²) in [5, 5.41) is 0. The van der Waals surface area contributed by atoms with Crippen molar-refractivity contribution in [3.8, 4) is 5.75 Å². The van der Waals surface area contributed by atoms with Gasteiger partial charge in [0.15, 0.2) is 0 Å². The minimum Gasteiger partial charge on any atom is -0.489 e. The number of ether oxygens (including phenoxy) is 1. The molecule has 0 aliphatic carbocycles. The van der Waals surface area contributed by atoms with E-state index in [4.69, 9.17) is 10.5 Å². The fourth-order valence-corrected chi connectivity index (χ4v) is 2.62. The summed E-state index contributed by atoms with van der Waals surface area (Å²) in [5.74, 6) is 0.258. The summed E-state index contributed by atoms with van der Waals surface area (Å²) in [4.78, 5) is 13.2. The molecule has 5 heteroatoms. The second kappa shape index (κ2) is 6.79. The van der Waals surface area contributed by atoms with Gasteiger partial charge >= 0.3 is 0 Å². The number of primary amides is 1. The highest BCUT2D eigenvalue weighted by Gasteiger charge is 2.30. The molecule has 0 bridgehead atoms. The van der Waals surface area contributed by atoms with Gasteiger partial charge in [0.05, 0.1) is 5.92 Å². The third-order valence-electron chi connectivity index (χ3n) is 3.98. The first-order valence-corrected chi connectivity index (χ1v) is 7.58. The van der Waals surface area contributed by atoms with Crippen LogP contribution in [0.4, 0.5) is 4.39 Å². The molecule has 0 atom stereocenters. The first-order valence-electron chi connectivity index (χ1n) is 7.58. The number of amides is 1. The Bertz CT molecular complexity index is 682. The van der Waals surface area contributed by atoms with Crippen LogP contribution in [0.3, 0.4) is 0 Å². The molecule has 120 valence electrons. The van der Waals surface area contributed by atoms with Crippen molar-refractivity contribution >= 4 is 5.91 Å². The van der Waals surface area contributed by atoms with E-state index in [-0.39, 0.29) is 17.6 Å². The number of carbonyl (C=O) groups excluding carboxylic acids is 1. The van der Waals surface area contributed by atoms with Crippen LogP contribution in [0.1, 0.15) is 11.1 Å². The van der Waals surface area contributed by atoms with Gasteiger partial charge in [0.25, 0.3) is 0 Å². The van der Waals surface area contributed by atoms with Gasteiger partial charge in [-0.15, -0.1) is 0 Å². The normalized spacial score (nSPS) is 15.2. The van der Waals surface area contributed by atoms with Crippen LogP contribution in [-0.4, -0.2) is 23.9 Å². The molecule has 0 spiro atoms. The lowest BCUT2D eigenvalue weighted by atomic mass is 9.99. The predicted molar refractivity (Wildman–Crippen MR) is 85.1 cm³/mol. The molecule has 1 amide bonds. The first kappa shape index (κ1) is 15.5. The maximum atomic E-state index is 13.1. The summed E-state index contributed by atoms with van der Waals surface area (Å²) in [5.41, 5.74) is 7.21. The molecule has 23 heavy (non-hydrogen) atoms. The molecule has 1 saturated heterocycles. The van der Waals surface area contributed by atoms with Crippen molar-refractivity contribution in [2.75, 3.05) is 13.1 Å². The summed E-state index contributed by atoms with van der Waals surface area (Å²) < 4.78 is 18.7. The number of nitrogens with zero attached hydrogens (tertiary/aromatic N) is 1. The quantitative estimate of drug-likeness (QED) is 0.890. The number of benzene rings is 2. The highest BCUT2D eigenvalue weighted by molar-refractivity contribution is 5.78. The lowest BCUT2D eigenvalue weighted by molar-refractivity contribution is -0.127. The third-order valence-corrected chi connectivity index (χ3v) is 3.98. The van der Waals surface area contributed by atoms with Crippen LogP contribution in [0.25, 0.3) is 0 Å². The molecular formula is C18H19FN2O2. The average Bonchev–Trinajstić information content (AvgIpc) is 2.49. The maximum Gasteiger partial charge on any atom is 0.223 e. The molecule has 1 aliphatic heterocycles. The lowest BCUT2D eigenvalue weighted by Gasteiger charge is -2.37. The van der Waals surface area contributed by atoms with Gasteiger partial charge in [-0.2, -0.15) is 0 Å². The fraction of sp³-hybridized carbons (Fsp3) is 0.278. The number of rotatable bonds is 6. The van der Waals surface area contributed by atoms with Crippen molar-refractivity contribution in [3.63, 3.8) is 0 Å². The molecule has 2 N–H and O–H groups in total. The van der Waals surface area contributed by atoms with Crippen LogP contribution >= 0.6 is 0 Å². The Morgan fingerprint density at radius 1 is 1.17 bits per heavy atom. The van der Waals surface area contributed by atoms with Gasteiger partial charge in [-0.1, -0.05) is 24.3 Å². The topological polar surface area (TPSA) is 55.6 Å². The van der Waals surface area contributed by atoms with Crippen molar-refractivity contribution in [2.45, 2.75) is 13.2 Å². The Kier molecular flexibility index (Phi) is 4.57. The SMILES string of the molecule is NC(=O)C1CN(Cc2ccc(OCc3cccc(F)c3)cc2)C1. The Morgan fingerprint density at radius 2 is 1.91 bits per heavy atom. The minimum absolute atomic E-state index is 0.0103. The smallest absolute Gasteiger partial charge is 0.223 e. The number of hydrogen-bond donors (Lipinski definition) is 1. The first-order chi connectivity index (χ1) is 11.1. The van der Waals surface area contributed by atoms with E-state index in [9.17, 15) is 9.18 Å². The lowest BCUT2D eigenvalue weighted by Crippen LogP contribution is -2.51. The summed E-state index contributed by atoms with van der Waals surface area (Å²) >= 11 is 0. The number of carbonyl (C=O) groups is 1. The summed E-state index contributed by atoms with van der Waals surface area (Å²) in [6, 6.07) is 14.2. The number of halogens is 1. The highest BCUT2D eigenvalue weighted by atomic mass is 19.1. The summed E-state index contributed by atoms with van der Waals surface area (Å²) in [6.45, 7) is 2.60. The third kappa shape index (κ3) is 4.07. The van der Waals surface area contributed by atoms with Gasteiger partial charge in [-0.25, -0.2) is 4.39 Å². The zero-order valence-corrected chi connectivity index (χ0v) is 12.7. The number of likely N-dealkylation sites (tertiary alicyclic amines) is 1. The standard InChI is InChI=1S/C18H19FN2O2/c19-16-3-1-2-14(8-16)12-23-17-6-4-13(5-7-17)9-21-10-15(11-21)18(20)22/h1-8,15H,9-12H2,(H2,20,22). The molecule has 3 rings (SSSR count). The van der Waals surface area contributed by atoms with Crippen LogP contribution in [-0.2, 0) is 17.9 Å². The molecule has 1 aliphatic rings. The van der Waals surface area contributed by atoms with Gasteiger partial charge in [-0.05, 0) is 35.4 Å². The second-order valence-electron chi connectivity index (χ2n) is 5.86. The molecule has 1 heterocycles. The maximum absolute atomic E-state index is 13.1. The van der Waals surface area contributed by atoms with E-state index in [0.717, 1.165) is 36.5 Å². The zero-order chi connectivity index (χ0) is 16.2. The molecule has 1 fully saturated rings. The predicted octanol–water partition coefficient (Wildman–Crippen LogP) is 2.32. The van der Waals surface area contributed by atoms with E-state index < -0.39 is 0 Å². The van der Waals surface area contributed by atoms with Crippen LogP contribution in [0.5, 0.6) is 5.75 Å². The highest BCUT2D eigenvalue weighted by Crippen LogP contribution is 2.20. The fourth-order valence-electron chi connectivity index (χ4n) is 2.62. The molecular weight excluding hydrogens is 295 g/mol. The van der Waals surface area contributed by atoms with Crippen molar-refractivity contribution in [1.29, 1.82) is 0 Å². The van der Waals surface area contributed by atoms with Crippen LogP contribution in [0, 0.1) is 11.7 Å². The molecule has 0 radical (unpaired) electrons. The monoisotopic (exact) mass is 314 g/mol. The largest absolute Gasteiger partial charge is 0.489 e. The Labute approximate surface area is 134 Å². The zero-order valence-electron chi connectivity index (χ0n) is 12.7. The molecule has 2 aromatic carbocycles. The van der Waals surface area contributed by atoms with Crippen molar-refractivity contribution in [3.05, 3.63) is 65.5 Å². The van der Waals surface area contributed by atoms with Crippen LogP contribution < -0.4 is 10.5 Å². The average molecular weight is 314 g/mol. The van der Waals surface area contributed by atoms with E-state index in [0.29, 0.717) is 6.61 Å². The van der Waals surface area contributed by atoms with E-state index in [1.807, 2.05) is 30.3 Å². The van der Waals surface area contributed by atoms with Crippen LogP contribution in [0.2, 0.25) is 0 Å². The minimum atomic E-state index is -0.259. The Balaban J connectivity index is 1.48. The summed E-state index contributed by atoms with van der Waals surface area (Å²) in [6.07, 6.45) is 0. The molecule has 0 unspecified atom stereocenters. The molecule has 4 nitrogen and oxygen atoms in total. The number of nitrogens with two attached hydrogens (primary N) is 1. The van der Waals surface area contributed by atoms with Crippen molar-refractivity contribution in [1.82, 2.24) is 4.90 Å². The van der Waals surface area contributed by atoms with Gasteiger partial charge in [0.1, 0.15) is 18.2 Å². The Morgan fingerprint density at radius 3 is 2.57 bits per heavy atom. The molecule has 2 aromatic rings. The van der Waals surface area contributed by atoms with Gasteiger partial charge < -0.3 is 10.5 Å². The van der Waals surface area contributed by atoms with E-state index in [2.05, 4.69) is 4.90 Å². The van der Waals surface area contributed by atoms with E-state index in [1.165, 1.54) is 12.1 Å².